The van der Waals surface area contributed by atoms with E-state index in [0.717, 1.165) is 38.0 Å². The number of carboxylic acids is 1. The van der Waals surface area contributed by atoms with E-state index >= 15 is 0 Å². The number of hydrogen-bond donors (Lipinski definition) is 1. The molecule has 0 aromatic carbocycles. The van der Waals surface area contributed by atoms with Crippen molar-refractivity contribution < 1.29 is 9.90 Å². The molecule has 1 aliphatic rings. The predicted molar refractivity (Wildman–Crippen MR) is 102 cm³/mol. The van der Waals surface area contributed by atoms with Crippen LogP contribution in [-0.2, 0) is 11.3 Å². The molecule has 146 valence electrons. The zero-order chi connectivity index (χ0) is 19.2. The number of nitrogens with zero attached hydrogens (tertiary/aromatic N) is 6. The normalized spacial score (nSPS) is 17.1. The topological polar surface area (TPSA) is 87.4 Å². The number of aryl methyl sites for hydroxylation is 1. The minimum Gasteiger partial charge on any atom is -0.480 e. The molecule has 3 rings (SSSR count). The van der Waals surface area contributed by atoms with Gasteiger partial charge in [0.15, 0.2) is 0 Å². The predicted octanol–water partition coefficient (Wildman–Crippen LogP) is 2.06. The maximum Gasteiger partial charge on any atom is 0.325 e. The van der Waals surface area contributed by atoms with E-state index in [1.165, 1.54) is 0 Å². The Labute approximate surface area is 159 Å². The minimum absolute atomic E-state index is 0.588. The summed E-state index contributed by atoms with van der Waals surface area (Å²) in [5.41, 5.74) is 0.746. The van der Waals surface area contributed by atoms with E-state index in [4.69, 9.17) is 0 Å². The molecule has 27 heavy (non-hydrogen) atoms. The first-order chi connectivity index (χ1) is 13.0. The number of aromatic nitrogens is 4. The van der Waals surface area contributed by atoms with Gasteiger partial charge in [-0.2, -0.15) is 5.10 Å². The van der Waals surface area contributed by atoms with Crippen molar-refractivity contribution >= 4 is 11.9 Å². The number of aliphatic carboxylic acids is 1. The molecule has 1 N–H and O–H groups in total. The van der Waals surface area contributed by atoms with Gasteiger partial charge in [0, 0.05) is 56.9 Å². The van der Waals surface area contributed by atoms with Crippen LogP contribution in [0.15, 0.2) is 30.9 Å². The van der Waals surface area contributed by atoms with Gasteiger partial charge in [0.05, 0.1) is 6.20 Å². The first-order valence-corrected chi connectivity index (χ1v) is 9.56. The molecule has 8 heteroatoms. The molecule has 1 fully saturated rings. The first-order valence-electron chi connectivity index (χ1n) is 9.56. The summed E-state index contributed by atoms with van der Waals surface area (Å²) < 4.78 is 1.85. The summed E-state index contributed by atoms with van der Waals surface area (Å²) in [4.78, 5) is 24.8. The Kier molecular flexibility index (Phi) is 6.39. The van der Waals surface area contributed by atoms with Gasteiger partial charge in [-0.3, -0.25) is 14.4 Å². The first kappa shape index (κ1) is 19.3. The smallest absolute Gasteiger partial charge is 0.325 e. The third-order valence-corrected chi connectivity index (χ3v) is 4.87. The highest BCUT2D eigenvalue weighted by Gasteiger charge is 2.30. The summed E-state index contributed by atoms with van der Waals surface area (Å²) in [5.74, 6) is 0.459. The van der Waals surface area contributed by atoms with Gasteiger partial charge >= 0.3 is 5.97 Å². The molecule has 2 aromatic heterocycles. The SMILES string of the molecule is CC(C)CCn1cc([C@@H](C(=O)O)N2CCCN(c3ncccn3)CC2)cn1. The van der Waals surface area contributed by atoms with Gasteiger partial charge in [0.2, 0.25) is 5.95 Å². The van der Waals surface area contributed by atoms with Gasteiger partial charge in [-0.15, -0.1) is 0 Å². The molecule has 0 aliphatic carbocycles. The fraction of sp³-hybridized carbons (Fsp3) is 0.579. The zero-order valence-corrected chi connectivity index (χ0v) is 16.0. The fourth-order valence-corrected chi connectivity index (χ4v) is 3.39. The maximum absolute atomic E-state index is 12.0. The third kappa shape index (κ3) is 5.03. The van der Waals surface area contributed by atoms with Crippen molar-refractivity contribution in [1.29, 1.82) is 0 Å². The zero-order valence-electron chi connectivity index (χ0n) is 16.0. The summed E-state index contributed by atoms with van der Waals surface area (Å²) in [6.07, 6.45) is 8.93. The maximum atomic E-state index is 12.0. The molecule has 3 heterocycles. The van der Waals surface area contributed by atoms with Crippen molar-refractivity contribution in [3.8, 4) is 0 Å². The number of hydrogen-bond acceptors (Lipinski definition) is 6. The standard InChI is InChI=1S/C19H28N6O2/c1-15(2)5-10-25-14-16(13-22-25)17(18(26)27)23-8-4-9-24(12-11-23)19-20-6-3-7-21-19/h3,6-7,13-15,17H,4-5,8-12H2,1-2H3,(H,26,27)/t17-/m0/s1. The average molecular weight is 372 g/mol. The lowest BCUT2D eigenvalue weighted by Gasteiger charge is -2.26. The number of rotatable bonds is 7. The Morgan fingerprint density at radius 1 is 1.19 bits per heavy atom. The number of carboxylic acid groups (broad SMARTS) is 1. The summed E-state index contributed by atoms with van der Waals surface area (Å²) >= 11 is 0. The molecule has 0 unspecified atom stereocenters. The van der Waals surface area contributed by atoms with E-state index in [2.05, 4.69) is 33.8 Å². The van der Waals surface area contributed by atoms with Gasteiger partial charge < -0.3 is 10.0 Å². The second-order valence-electron chi connectivity index (χ2n) is 7.39. The lowest BCUT2D eigenvalue weighted by atomic mass is 10.1. The fourth-order valence-electron chi connectivity index (χ4n) is 3.39. The lowest BCUT2D eigenvalue weighted by molar-refractivity contribution is -0.143. The van der Waals surface area contributed by atoms with Crippen LogP contribution in [0.5, 0.6) is 0 Å². The Balaban J connectivity index is 1.69. The Morgan fingerprint density at radius 3 is 2.67 bits per heavy atom. The van der Waals surface area contributed by atoms with Crippen LogP contribution in [0.2, 0.25) is 0 Å². The van der Waals surface area contributed by atoms with Crippen LogP contribution < -0.4 is 4.90 Å². The molecule has 1 aliphatic heterocycles. The summed E-state index contributed by atoms with van der Waals surface area (Å²) in [5, 5.41) is 14.2. The van der Waals surface area contributed by atoms with Crippen LogP contribution in [0.4, 0.5) is 5.95 Å². The molecular weight excluding hydrogens is 344 g/mol. The van der Waals surface area contributed by atoms with Crippen molar-refractivity contribution in [3.63, 3.8) is 0 Å². The summed E-state index contributed by atoms with van der Waals surface area (Å²) in [7, 11) is 0. The highest BCUT2D eigenvalue weighted by Crippen LogP contribution is 2.23. The molecule has 1 saturated heterocycles. The third-order valence-electron chi connectivity index (χ3n) is 4.87. The van der Waals surface area contributed by atoms with Crippen LogP contribution >= 0.6 is 0 Å². The molecule has 0 radical (unpaired) electrons. The van der Waals surface area contributed by atoms with Crippen molar-refractivity contribution in [2.24, 2.45) is 5.92 Å². The van der Waals surface area contributed by atoms with Crippen molar-refractivity contribution in [1.82, 2.24) is 24.6 Å². The largest absolute Gasteiger partial charge is 0.480 e. The van der Waals surface area contributed by atoms with Gasteiger partial charge in [-0.25, -0.2) is 9.97 Å². The lowest BCUT2D eigenvalue weighted by Crippen LogP contribution is -2.37. The summed E-state index contributed by atoms with van der Waals surface area (Å²) in [6.45, 7) is 8.04. The molecule has 0 spiro atoms. The second kappa shape index (κ2) is 8.94. The monoisotopic (exact) mass is 372 g/mol. The van der Waals surface area contributed by atoms with Crippen molar-refractivity contribution in [2.45, 2.75) is 39.3 Å². The second-order valence-corrected chi connectivity index (χ2v) is 7.39. The van der Waals surface area contributed by atoms with Crippen LogP contribution in [0.1, 0.15) is 38.3 Å². The van der Waals surface area contributed by atoms with Gasteiger partial charge in [0.1, 0.15) is 6.04 Å². The molecule has 1 atom stereocenters. The van der Waals surface area contributed by atoms with Crippen LogP contribution in [0.25, 0.3) is 0 Å². The van der Waals surface area contributed by atoms with Crippen LogP contribution in [-0.4, -0.2) is 61.9 Å². The molecule has 0 bridgehead atoms. The number of anilines is 1. The Bertz CT molecular complexity index is 733. The van der Waals surface area contributed by atoms with Crippen molar-refractivity contribution in [2.75, 3.05) is 31.1 Å². The van der Waals surface area contributed by atoms with E-state index in [1.54, 1.807) is 24.7 Å². The van der Waals surface area contributed by atoms with Crippen molar-refractivity contribution in [3.05, 3.63) is 36.4 Å². The highest BCUT2D eigenvalue weighted by molar-refractivity contribution is 5.75. The number of carbonyl (C=O) groups is 1. The molecule has 2 aromatic rings. The van der Waals surface area contributed by atoms with E-state index < -0.39 is 12.0 Å². The summed E-state index contributed by atoms with van der Waals surface area (Å²) in [6, 6.07) is 1.12. The molecule has 0 amide bonds. The van der Waals surface area contributed by atoms with E-state index in [-0.39, 0.29) is 0 Å². The van der Waals surface area contributed by atoms with E-state index in [1.807, 2.05) is 15.8 Å². The Hall–Kier alpha value is -2.48. The average Bonchev–Trinajstić information content (AvgIpc) is 2.97. The molecule has 8 nitrogen and oxygen atoms in total. The van der Waals surface area contributed by atoms with Gasteiger partial charge in [0.25, 0.3) is 0 Å². The molecular formula is C19H28N6O2. The quantitative estimate of drug-likeness (QED) is 0.796. The highest BCUT2D eigenvalue weighted by atomic mass is 16.4. The van der Waals surface area contributed by atoms with Crippen LogP contribution in [0.3, 0.4) is 0 Å². The van der Waals surface area contributed by atoms with E-state index in [0.29, 0.717) is 25.0 Å². The Morgan fingerprint density at radius 2 is 1.96 bits per heavy atom. The van der Waals surface area contributed by atoms with Gasteiger partial charge in [-0.1, -0.05) is 13.8 Å². The van der Waals surface area contributed by atoms with E-state index in [9.17, 15) is 9.90 Å². The minimum atomic E-state index is -0.831. The van der Waals surface area contributed by atoms with Crippen LogP contribution in [0, 0.1) is 5.92 Å². The van der Waals surface area contributed by atoms with Gasteiger partial charge in [-0.05, 0) is 24.8 Å². The molecule has 0 saturated carbocycles.